The van der Waals surface area contributed by atoms with Gasteiger partial charge in [-0.05, 0) is 31.6 Å². The Labute approximate surface area is 122 Å². The largest absolute Gasteiger partial charge is 0.480 e. The van der Waals surface area contributed by atoms with E-state index in [0.717, 1.165) is 18.5 Å². The van der Waals surface area contributed by atoms with Gasteiger partial charge in [0, 0.05) is 11.3 Å². The molecule has 1 aromatic rings. The van der Waals surface area contributed by atoms with Gasteiger partial charge in [0.05, 0.1) is 5.88 Å². The van der Waals surface area contributed by atoms with Crippen molar-refractivity contribution in [3.8, 4) is 0 Å². The van der Waals surface area contributed by atoms with Gasteiger partial charge in [-0.1, -0.05) is 18.2 Å². The molecule has 2 N–H and O–H groups in total. The van der Waals surface area contributed by atoms with Gasteiger partial charge >= 0.3 is 5.97 Å². The highest BCUT2D eigenvalue weighted by Gasteiger charge is 2.35. The minimum absolute atomic E-state index is 0.186. The fourth-order valence-corrected chi connectivity index (χ4v) is 3.35. The van der Waals surface area contributed by atoms with E-state index in [1.54, 1.807) is 6.07 Å². The van der Waals surface area contributed by atoms with Crippen LogP contribution in [0.1, 0.15) is 15.9 Å². The molecule has 6 heteroatoms. The van der Waals surface area contributed by atoms with Crippen LogP contribution in [-0.2, 0) is 11.2 Å². The molecule has 1 saturated heterocycles. The van der Waals surface area contributed by atoms with Gasteiger partial charge in [0.2, 0.25) is 0 Å². The van der Waals surface area contributed by atoms with Crippen molar-refractivity contribution >= 4 is 23.6 Å². The number of carbonyl (C=O) groups excluding carboxylic acids is 1. The molecule has 5 nitrogen and oxygen atoms in total. The molecule has 1 aliphatic rings. The van der Waals surface area contributed by atoms with Gasteiger partial charge in [0.15, 0.2) is 0 Å². The van der Waals surface area contributed by atoms with E-state index < -0.39 is 12.0 Å². The predicted octanol–water partition coefficient (Wildman–Crippen LogP) is 1.05. The van der Waals surface area contributed by atoms with Crippen LogP contribution in [0.5, 0.6) is 0 Å². The lowest BCUT2D eigenvalue weighted by Crippen LogP contribution is -2.42. The lowest BCUT2D eigenvalue weighted by molar-refractivity contribution is -0.140. The first-order valence-corrected chi connectivity index (χ1v) is 7.64. The van der Waals surface area contributed by atoms with Crippen molar-refractivity contribution in [2.45, 2.75) is 12.5 Å². The number of carboxylic acid groups (broad SMARTS) is 1. The van der Waals surface area contributed by atoms with Gasteiger partial charge in [-0.3, -0.25) is 4.79 Å². The summed E-state index contributed by atoms with van der Waals surface area (Å²) in [5.74, 6) is -0.221. The lowest BCUT2D eigenvalue weighted by atomic mass is 10.0. The van der Waals surface area contributed by atoms with Crippen LogP contribution in [0.15, 0.2) is 24.3 Å². The van der Waals surface area contributed by atoms with Gasteiger partial charge in [-0.15, -0.1) is 11.8 Å². The second kappa shape index (κ2) is 6.76. The highest BCUT2D eigenvalue weighted by atomic mass is 32.2. The van der Waals surface area contributed by atoms with E-state index in [1.165, 1.54) is 16.7 Å². The summed E-state index contributed by atoms with van der Waals surface area (Å²) >= 11 is 1.48. The standard InChI is InChI=1S/C14H18N2O3S/c1-15-7-6-10-4-2-3-5-11(10)13(17)16-9-20-8-12(16)14(18)19/h2-5,12,15H,6-9H2,1H3,(H,18,19)/t12-/m0/s1. The number of nitrogens with zero attached hydrogens (tertiary/aromatic N) is 1. The maximum atomic E-state index is 12.6. The first-order chi connectivity index (χ1) is 9.65. The van der Waals surface area contributed by atoms with Crippen LogP contribution < -0.4 is 5.32 Å². The number of thioether (sulfide) groups is 1. The first kappa shape index (κ1) is 14.9. The van der Waals surface area contributed by atoms with E-state index in [1.807, 2.05) is 25.2 Å². The zero-order valence-corrected chi connectivity index (χ0v) is 12.2. The third-order valence-corrected chi connectivity index (χ3v) is 4.33. The Bertz CT molecular complexity index is 507. The van der Waals surface area contributed by atoms with Crippen LogP contribution in [0.25, 0.3) is 0 Å². The van der Waals surface area contributed by atoms with Crippen molar-refractivity contribution in [3.05, 3.63) is 35.4 Å². The molecule has 1 amide bonds. The molecule has 1 aromatic carbocycles. The van der Waals surface area contributed by atoms with E-state index >= 15 is 0 Å². The molecule has 1 fully saturated rings. The fraction of sp³-hybridized carbons (Fsp3) is 0.429. The summed E-state index contributed by atoms with van der Waals surface area (Å²) in [5, 5.41) is 12.2. The van der Waals surface area contributed by atoms with E-state index in [-0.39, 0.29) is 5.91 Å². The van der Waals surface area contributed by atoms with Crippen LogP contribution >= 0.6 is 11.8 Å². The van der Waals surface area contributed by atoms with E-state index in [0.29, 0.717) is 17.2 Å². The molecule has 1 aliphatic heterocycles. The zero-order chi connectivity index (χ0) is 14.5. The predicted molar refractivity (Wildman–Crippen MR) is 79.0 cm³/mol. The van der Waals surface area contributed by atoms with Crippen molar-refractivity contribution in [2.75, 3.05) is 25.2 Å². The SMILES string of the molecule is CNCCc1ccccc1C(=O)N1CSC[C@H]1C(=O)O. The van der Waals surface area contributed by atoms with Gasteiger partial charge in [0.25, 0.3) is 5.91 Å². The number of benzene rings is 1. The molecule has 0 spiro atoms. The molecule has 0 aliphatic carbocycles. The minimum atomic E-state index is -0.934. The van der Waals surface area contributed by atoms with Crippen LogP contribution in [0.4, 0.5) is 0 Å². The number of carbonyl (C=O) groups is 2. The second-order valence-corrected chi connectivity index (χ2v) is 5.64. The quantitative estimate of drug-likeness (QED) is 0.849. The van der Waals surface area contributed by atoms with Crippen molar-refractivity contribution < 1.29 is 14.7 Å². The molecule has 1 atom stereocenters. The molecule has 1 heterocycles. The summed E-state index contributed by atoms with van der Waals surface area (Å²) in [6.07, 6.45) is 0.747. The number of carboxylic acids is 1. The number of likely N-dealkylation sites (N-methyl/N-ethyl adjacent to an activating group) is 1. The van der Waals surface area contributed by atoms with Gasteiger partial charge in [-0.2, -0.15) is 0 Å². The Morgan fingerprint density at radius 1 is 1.45 bits per heavy atom. The van der Waals surface area contributed by atoms with Gasteiger partial charge < -0.3 is 15.3 Å². The third-order valence-electron chi connectivity index (χ3n) is 3.32. The maximum Gasteiger partial charge on any atom is 0.327 e. The summed E-state index contributed by atoms with van der Waals surface area (Å²) in [6, 6.07) is 6.69. The molecular weight excluding hydrogens is 276 g/mol. The Balaban J connectivity index is 2.22. The monoisotopic (exact) mass is 294 g/mol. The Morgan fingerprint density at radius 2 is 2.20 bits per heavy atom. The topological polar surface area (TPSA) is 69.6 Å². The number of aliphatic carboxylic acids is 1. The number of hydrogen-bond donors (Lipinski definition) is 2. The molecule has 108 valence electrons. The van der Waals surface area contributed by atoms with Crippen molar-refractivity contribution in [1.82, 2.24) is 10.2 Å². The maximum absolute atomic E-state index is 12.6. The molecule has 0 bridgehead atoms. The molecule has 0 saturated carbocycles. The zero-order valence-electron chi connectivity index (χ0n) is 11.3. The van der Waals surface area contributed by atoms with Gasteiger partial charge in [0.1, 0.15) is 6.04 Å². The average Bonchev–Trinajstić information content (AvgIpc) is 2.94. The molecule has 0 radical (unpaired) electrons. The highest BCUT2D eigenvalue weighted by Crippen LogP contribution is 2.24. The Hall–Kier alpha value is -1.53. The van der Waals surface area contributed by atoms with Crippen LogP contribution in [0.3, 0.4) is 0 Å². The number of hydrogen-bond acceptors (Lipinski definition) is 4. The summed E-state index contributed by atoms with van der Waals surface area (Å²) in [6.45, 7) is 0.779. The number of nitrogens with one attached hydrogen (secondary N) is 1. The third kappa shape index (κ3) is 3.13. The van der Waals surface area contributed by atoms with E-state index in [9.17, 15) is 14.7 Å². The summed E-state index contributed by atoms with van der Waals surface area (Å²) in [7, 11) is 1.86. The van der Waals surface area contributed by atoms with E-state index in [2.05, 4.69) is 5.32 Å². The van der Waals surface area contributed by atoms with Crippen molar-refractivity contribution in [3.63, 3.8) is 0 Å². The number of rotatable bonds is 5. The molecule has 0 unspecified atom stereocenters. The van der Waals surface area contributed by atoms with Crippen molar-refractivity contribution in [1.29, 1.82) is 0 Å². The lowest BCUT2D eigenvalue weighted by Gasteiger charge is -2.21. The van der Waals surface area contributed by atoms with Gasteiger partial charge in [-0.25, -0.2) is 4.79 Å². The molecule has 0 aromatic heterocycles. The molecule has 20 heavy (non-hydrogen) atoms. The number of amides is 1. The highest BCUT2D eigenvalue weighted by molar-refractivity contribution is 7.99. The van der Waals surface area contributed by atoms with Crippen molar-refractivity contribution in [2.24, 2.45) is 0 Å². The normalized spacial score (nSPS) is 18.2. The average molecular weight is 294 g/mol. The smallest absolute Gasteiger partial charge is 0.327 e. The second-order valence-electron chi connectivity index (χ2n) is 4.64. The summed E-state index contributed by atoms with van der Waals surface area (Å²) < 4.78 is 0. The summed E-state index contributed by atoms with van der Waals surface area (Å²) in [5.41, 5.74) is 1.56. The summed E-state index contributed by atoms with van der Waals surface area (Å²) in [4.78, 5) is 25.2. The van der Waals surface area contributed by atoms with Crippen LogP contribution in [0.2, 0.25) is 0 Å². The van der Waals surface area contributed by atoms with Crippen LogP contribution in [0, 0.1) is 0 Å². The first-order valence-electron chi connectivity index (χ1n) is 6.49. The Kier molecular flexibility index (Phi) is 5.03. The molecular formula is C14H18N2O3S. The fourth-order valence-electron chi connectivity index (χ4n) is 2.21. The Morgan fingerprint density at radius 3 is 2.90 bits per heavy atom. The molecule has 2 rings (SSSR count). The van der Waals surface area contributed by atoms with Crippen LogP contribution in [-0.4, -0.2) is 53.1 Å². The minimum Gasteiger partial charge on any atom is -0.480 e. The van der Waals surface area contributed by atoms with E-state index in [4.69, 9.17) is 0 Å².